The second kappa shape index (κ2) is 4.43. The van der Waals surface area contributed by atoms with Crippen LogP contribution in [0.5, 0.6) is 0 Å². The molecule has 3 N–H and O–H groups in total. The Morgan fingerprint density at radius 3 is 2.60 bits per heavy atom. The normalized spacial score (nSPS) is 19.6. The third kappa shape index (κ3) is 1.79. The van der Waals surface area contributed by atoms with Gasteiger partial charge in [-0.25, -0.2) is 0 Å². The van der Waals surface area contributed by atoms with Gasteiger partial charge >= 0.3 is 0 Å². The molecule has 0 aromatic rings. The first kappa shape index (κ1) is 13.3. The molecule has 1 amide bonds. The van der Waals surface area contributed by atoms with Gasteiger partial charge < -0.3 is 15.5 Å². The van der Waals surface area contributed by atoms with E-state index in [1.54, 1.807) is 0 Å². The van der Waals surface area contributed by atoms with Crippen LogP contribution in [0.2, 0.25) is 0 Å². The van der Waals surface area contributed by atoms with Crippen molar-refractivity contribution in [1.29, 1.82) is 0 Å². The predicted octanol–water partition coefficient (Wildman–Crippen LogP) is 0.989. The van der Waals surface area contributed by atoms with Gasteiger partial charge in [0.1, 0.15) is 0 Å². The average molecular weight is 273 g/mol. The lowest BCUT2D eigenvalue weighted by Gasteiger charge is -2.35. The third-order valence-corrected chi connectivity index (χ3v) is 4.55. The number of aliphatic hydroxyl groups excluding tert-OH is 2. The van der Waals surface area contributed by atoms with Crippen molar-refractivity contribution in [2.75, 3.05) is 13.2 Å². The van der Waals surface area contributed by atoms with E-state index >= 15 is 0 Å². The van der Waals surface area contributed by atoms with Gasteiger partial charge in [-0.2, -0.15) is 0 Å². The van der Waals surface area contributed by atoms with Gasteiger partial charge in [-0.1, -0.05) is 19.9 Å². The van der Waals surface area contributed by atoms with E-state index in [9.17, 15) is 15.0 Å². The zero-order chi connectivity index (χ0) is 14.5. The molecule has 0 spiro atoms. The Hall–Kier alpha value is -1.65. The predicted molar refractivity (Wildman–Crippen MR) is 75.8 cm³/mol. The van der Waals surface area contributed by atoms with Crippen molar-refractivity contribution in [3.05, 3.63) is 46.1 Å². The van der Waals surface area contributed by atoms with Crippen molar-refractivity contribution in [2.45, 2.75) is 25.8 Å². The number of hydrogen-bond acceptors (Lipinski definition) is 3. The first-order valence-electron chi connectivity index (χ1n) is 6.93. The Morgan fingerprint density at radius 1 is 1.30 bits per heavy atom. The van der Waals surface area contributed by atoms with Gasteiger partial charge in [0.2, 0.25) is 0 Å². The molecule has 0 unspecified atom stereocenters. The van der Waals surface area contributed by atoms with E-state index in [1.165, 1.54) is 11.1 Å². The molecule has 106 valence electrons. The summed E-state index contributed by atoms with van der Waals surface area (Å²) in [4.78, 5) is 12.5. The molecule has 1 fully saturated rings. The topological polar surface area (TPSA) is 69.6 Å². The summed E-state index contributed by atoms with van der Waals surface area (Å²) in [5, 5.41) is 21.9. The maximum absolute atomic E-state index is 12.5. The maximum atomic E-state index is 12.5. The van der Waals surface area contributed by atoms with Crippen LogP contribution in [0.1, 0.15) is 20.3 Å². The van der Waals surface area contributed by atoms with Crippen molar-refractivity contribution in [1.82, 2.24) is 5.32 Å². The molecular formula is C16H19NO3. The van der Waals surface area contributed by atoms with Gasteiger partial charge in [0.15, 0.2) is 0 Å². The number of carbonyl (C=O) groups excluding carboxylic acids is 1. The van der Waals surface area contributed by atoms with Crippen LogP contribution in [0, 0.1) is 5.92 Å². The second-order valence-corrected chi connectivity index (χ2v) is 5.98. The summed E-state index contributed by atoms with van der Waals surface area (Å²) in [5.74, 6) is -0.299. The first-order chi connectivity index (χ1) is 9.52. The zero-order valence-electron chi connectivity index (χ0n) is 11.7. The highest BCUT2D eigenvalue weighted by molar-refractivity contribution is 6.02. The van der Waals surface area contributed by atoms with E-state index in [0.29, 0.717) is 5.57 Å². The number of allylic oxidation sites excluding steroid dienone is 6. The minimum Gasteiger partial charge on any atom is -0.394 e. The summed E-state index contributed by atoms with van der Waals surface area (Å²) in [5.41, 5.74) is 4.45. The van der Waals surface area contributed by atoms with E-state index in [1.807, 2.05) is 26.0 Å². The zero-order valence-corrected chi connectivity index (χ0v) is 11.7. The van der Waals surface area contributed by atoms with Crippen molar-refractivity contribution < 1.29 is 15.0 Å². The molecule has 4 heteroatoms. The highest BCUT2D eigenvalue weighted by Crippen LogP contribution is 2.51. The fraction of sp³-hybridized carbons (Fsp3) is 0.438. The minimum atomic E-state index is -0.983. The molecule has 0 radical (unpaired) electrons. The number of rotatable bonds is 5. The van der Waals surface area contributed by atoms with Crippen molar-refractivity contribution in [3.63, 3.8) is 0 Å². The summed E-state index contributed by atoms with van der Waals surface area (Å²) in [6.07, 6.45) is 6.90. The Labute approximate surface area is 118 Å². The Morgan fingerprint density at radius 2 is 2.00 bits per heavy atom. The van der Waals surface area contributed by atoms with E-state index < -0.39 is 5.54 Å². The SMILES string of the molecule is CC(C)C(CO)(CO)NC(=O)C1=C2C=C3CC3=C2C=C1. The Bertz CT molecular complexity index is 601. The van der Waals surface area contributed by atoms with E-state index in [4.69, 9.17) is 0 Å². The van der Waals surface area contributed by atoms with Crippen LogP contribution in [0.15, 0.2) is 46.1 Å². The molecule has 3 rings (SSSR count). The standard InChI is InChI=1S/C16H19NO3/c1-9(2)16(7-18,8-19)17-15(20)12-4-3-11-13-5-10(13)6-14(11)12/h3-4,6,9,18-19H,5,7-8H2,1-2H3,(H,17,20). The highest BCUT2D eigenvalue weighted by atomic mass is 16.3. The summed E-state index contributed by atoms with van der Waals surface area (Å²) in [6.45, 7) is 3.17. The Balaban J connectivity index is 1.85. The summed E-state index contributed by atoms with van der Waals surface area (Å²) < 4.78 is 0. The molecule has 0 aromatic carbocycles. The molecule has 0 aliphatic heterocycles. The fourth-order valence-corrected chi connectivity index (χ4v) is 2.77. The van der Waals surface area contributed by atoms with Crippen molar-refractivity contribution in [3.8, 4) is 0 Å². The number of carbonyl (C=O) groups is 1. The molecule has 3 aliphatic carbocycles. The number of hydrogen-bond donors (Lipinski definition) is 3. The molecular weight excluding hydrogens is 254 g/mol. The molecule has 20 heavy (non-hydrogen) atoms. The minimum absolute atomic E-state index is 0.0643. The maximum Gasteiger partial charge on any atom is 0.252 e. The number of amides is 1. The van der Waals surface area contributed by atoms with Gasteiger partial charge in [-0.15, -0.1) is 0 Å². The van der Waals surface area contributed by atoms with E-state index in [2.05, 4.69) is 11.4 Å². The number of nitrogens with one attached hydrogen (secondary N) is 1. The van der Waals surface area contributed by atoms with Crippen LogP contribution in [0.25, 0.3) is 0 Å². The molecule has 0 bridgehead atoms. The molecule has 3 aliphatic rings. The van der Waals surface area contributed by atoms with Gasteiger partial charge in [0, 0.05) is 5.57 Å². The molecule has 1 saturated carbocycles. The van der Waals surface area contributed by atoms with Gasteiger partial charge in [-0.3, -0.25) is 4.79 Å². The van der Waals surface area contributed by atoms with Crippen LogP contribution < -0.4 is 5.32 Å². The molecule has 0 atom stereocenters. The smallest absolute Gasteiger partial charge is 0.252 e. The van der Waals surface area contributed by atoms with Crippen molar-refractivity contribution in [2.24, 2.45) is 5.92 Å². The number of fused-ring (bicyclic) bond motifs is 2. The van der Waals surface area contributed by atoms with Crippen molar-refractivity contribution >= 4 is 5.91 Å². The third-order valence-electron chi connectivity index (χ3n) is 4.55. The fourth-order valence-electron chi connectivity index (χ4n) is 2.77. The average Bonchev–Trinajstić information content (AvgIpc) is 2.91. The van der Waals surface area contributed by atoms with Gasteiger partial charge in [0.05, 0.1) is 18.8 Å². The molecule has 4 nitrogen and oxygen atoms in total. The first-order valence-corrected chi connectivity index (χ1v) is 6.93. The van der Waals surface area contributed by atoms with E-state index in [-0.39, 0.29) is 25.0 Å². The summed E-state index contributed by atoms with van der Waals surface area (Å²) >= 11 is 0. The van der Waals surface area contributed by atoms with Crippen LogP contribution in [-0.2, 0) is 4.79 Å². The molecule has 0 saturated heterocycles. The second-order valence-electron chi connectivity index (χ2n) is 5.98. The molecule has 0 heterocycles. The summed E-state index contributed by atoms with van der Waals surface area (Å²) in [7, 11) is 0. The highest BCUT2D eigenvalue weighted by Gasteiger charge is 2.38. The lowest BCUT2D eigenvalue weighted by atomic mass is 9.87. The summed E-state index contributed by atoms with van der Waals surface area (Å²) in [6, 6.07) is 0. The van der Waals surface area contributed by atoms with Gasteiger partial charge in [-0.05, 0) is 46.8 Å². The molecule has 0 aromatic heterocycles. The van der Waals surface area contributed by atoms with E-state index in [0.717, 1.165) is 17.6 Å². The lowest BCUT2D eigenvalue weighted by Crippen LogP contribution is -2.58. The van der Waals surface area contributed by atoms with Crippen LogP contribution in [0.4, 0.5) is 0 Å². The lowest BCUT2D eigenvalue weighted by molar-refractivity contribution is -0.121. The quantitative estimate of drug-likeness (QED) is 0.699. The van der Waals surface area contributed by atoms with Crippen LogP contribution in [0.3, 0.4) is 0 Å². The number of aliphatic hydroxyl groups is 2. The Kier molecular flexibility index (Phi) is 2.96. The van der Waals surface area contributed by atoms with Gasteiger partial charge in [0.25, 0.3) is 5.91 Å². The monoisotopic (exact) mass is 273 g/mol. The van der Waals surface area contributed by atoms with Crippen LogP contribution >= 0.6 is 0 Å². The largest absolute Gasteiger partial charge is 0.394 e. The van der Waals surface area contributed by atoms with Crippen LogP contribution in [-0.4, -0.2) is 34.9 Å².